The van der Waals surface area contributed by atoms with Crippen molar-refractivity contribution in [2.24, 2.45) is 0 Å². The zero-order valence-electron chi connectivity index (χ0n) is 5.79. The second-order valence-corrected chi connectivity index (χ2v) is 1.57. The van der Waals surface area contributed by atoms with E-state index in [1.165, 1.54) is 0 Å². The Morgan fingerprint density at radius 2 is 1.60 bits per heavy atom. The minimum absolute atomic E-state index is 0.167. The zero-order valence-corrected chi connectivity index (χ0v) is 7.35. The predicted octanol–water partition coefficient (Wildman–Crippen LogP) is -0.390. The van der Waals surface area contributed by atoms with Gasteiger partial charge in [-0.05, 0) is 13.8 Å². The van der Waals surface area contributed by atoms with Gasteiger partial charge in [-0.3, -0.25) is 0 Å². The summed E-state index contributed by atoms with van der Waals surface area (Å²) in [6.45, 7) is 3.44. The Bertz CT molecular complexity index is 86.5. The molecule has 0 atom stereocenters. The molecule has 0 radical (unpaired) electrons. The van der Waals surface area contributed by atoms with Gasteiger partial charge >= 0.3 is 26.5 Å². The number of carbonyl (C=O) groups excluding carboxylic acids is 1. The molecule has 0 amide bonds. The van der Waals surface area contributed by atoms with Gasteiger partial charge in [-0.2, -0.15) is 0 Å². The fourth-order valence-electron chi connectivity index (χ4n) is 0. The molecular formula is C4H10NO4Ti. The van der Waals surface area contributed by atoms with Crippen molar-refractivity contribution in [3.8, 4) is 0 Å². The van der Waals surface area contributed by atoms with Crippen LogP contribution in [-0.2, 0) is 27.6 Å². The van der Waals surface area contributed by atoms with Gasteiger partial charge in [-0.25, -0.2) is 10.2 Å². The van der Waals surface area contributed by atoms with Gasteiger partial charge in [0.1, 0.15) is 0 Å². The van der Waals surface area contributed by atoms with E-state index < -0.39 is 19.5 Å². The van der Waals surface area contributed by atoms with Crippen molar-refractivity contribution in [2.45, 2.75) is 20.0 Å². The molecule has 0 aromatic carbocycles. The second kappa shape index (κ2) is 23.2. The van der Waals surface area contributed by atoms with Gasteiger partial charge in [0.25, 0.3) is 0 Å². The van der Waals surface area contributed by atoms with Crippen LogP contribution in [0.2, 0.25) is 0 Å². The SMILES string of the molecule is CC(C)O.N=C=O.[O]=[Ti][OH]. The molecule has 0 saturated heterocycles. The quantitative estimate of drug-likeness (QED) is 0.271. The van der Waals surface area contributed by atoms with E-state index in [0.717, 1.165) is 6.08 Å². The summed E-state index contributed by atoms with van der Waals surface area (Å²) in [7, 11) is 0. The van der Waals surface area contributed by atoms with Gasteiger partial charge in [-0.1, -0.05) is 0 Å². The molecule has 0 aliphatic heterocycles. The summed E-state index contributed by atoms with van der Waals surface area (Å²) < 4.78 is 15.8. The summed E-state index contributed by atoms with van der Waals surface area (Å²) in [5.74, 6) is 0. The number of aliphatic hydroxyl groups excluding tert-OH is 1. The van der Waals surface area contributed by atoms with Gasteiger partial charge in [0.15, 0.2) is 0 Å². The Morgan fingerprint density at radius 1 is 1.60 bits per heavy atom. The summed E-state index contributed by atoms with van der Waals surface area (Å²) in [5.41, 5.74) is 0. The Labute approximate surface area is 68.3 Å². The van der Waals surface area contributed by atoms with E-state index in [-0.39, 0.29) is 6.10 Å². The van der Waals surface area contributed by atoms with Gasteiger partial charge in [0, 0.05) is 6.10 Å². The number of rotatable bonds is 0. The second-order valence-electron chi connectivity index (χ2n) is 1.29. The van der Waals surface area contributed by atoms with Crippen LogP contribution in [0.4, 0.5) is 0 Å². The summed E-state index contributed by atoms with van der Waals surface area (Å²) in [6, 6.07) is 0. The Morgan fingerprint density at radius 3 is 1.60 bits per heavy atom. The van der Waals surface area contributed by atoms with Crippen molar-refractivity contribution in [1.29, 1.82) is 5.41 Å². The summed E-state index contributed by atoms with van der Waals surface area (Å²) in [5, 5.41) is 13.5. The molecule has 10 heavy (non-hydrogen) atoms. The van der Waals surface area contributed by atoms with Crippen LogP contribution >= 0.6 is 0 Å². The van der Waals surface area contributed by atoms with Crippen molar-refractivity contribution >= 4 is 6.08 Å². The van der Waals surface area contributed by atoms with Crippen LogP contribution in [0, 0.1) is 5.41 Å². The first-order valence-corrected chi connectivity index (χ1v) is 3.63. The van der Waals surface area contributed by atoms with Crippen LogP contribution in [0.3, 0.4) is 0 Å². The number of nitrogens with one attached hydrogen (secondary N) is 1. The van der Waals surface area contributed by atoms with Crippen LogP contribution in [0.15, 0.2) is 0 Å². The number of aliphatic hydroxyl groups is 1. The first-order chi connectivity index (χ1) is 4.56. The number of hydrogen-bond acceptors (Lipinski definition) is 4. The van der Waals surface area contributed by atoms with E-state index in [2.05, 4.69) is 0 Å². The van der Waals surface area contributed by atoms with Crippen molar-refractivity contribution in [2.75, 3.05) is 0 Å². The normalized spacial score (nSPS) is 5.30. The fraction of sp³-hybridized carbons (Fsp3) is 0.750. The number of hydrogen-bond donors (Lipinski definition) is 3. The molecule has 5 nitrogen and oxygen atoms in total. The molecule has 0 aromatic heterocycles. The minimum atomic E-state index is -1.75. The molecule has 0 spiro atoms. The average molecular weight is 184 g/mol. The molecule has 3 N–H and O–H groups in total. The summed E-state index contributed by atoms with van der Waals surface area (Å²) >= 11 is -1.75. The molecule has 0 heterocycles. The standard InChI is InChI=1S/C3H8O.CHNO.H2O.O.Ti/c1-3(2)4;2-1-3;;;/h3-4H,1-2H3;2H;1H2;;/q;;;;+1/p-1. The molecule has 0 saturated carbocycles. The van der Waals surface area contributed by atoms with E-state index in [0.29, 0.717) is 0 Å². The molecule has 0 aromatic rings. The Balaban J connectivity index is -0.0000000750. The van der Waals surface area contributed by atoms with Crippen LogP contribution < -0.4 is 0 Å². The van der Waals surface area contributed by atoms with Crippen LogP contribution in [0.25, 0.3) is 0 Å². The number of isocyanates is 1. The predicted molar refractivity (Wildman–Crippen MR) is 28.7 cm³/mol. The van der Waals surface area contributed by atoms with Crippen molar-refractivity contribution in [3.05, 3.63) is 0 Å². The molecule has 0 bridgehead atoms. The molecule has 59 valence electrons. The third-order valence-electron chi connectivity index (χ3n) is 0. The zero-order chi connectivity index (χ0) is 8.99. The molecule has 6 heteroatoms. The maximum absolute atomic E-state index is 8.61. The van der Waals surface area contributed by atoms with Crippen LogP contribution in [-0.4, -0.2) is 21.0 Å². The van der Waals surface area contributed by atoms with Gasteiger partial charge in [-0.15, -0.1) is 0 Å². The molecule has 0 unspecified atom stereocenters. The van der Waals surface area contributed by atoms with Crippen LogP contribution in [0.1, 0.15) is 13.8 Å². The summed E-state index contributed by atoms with van der Waals surface area (Å²) in [4.78, 5) is 8.35. The average Bonchev–Trinajstić information content (AvgIpc) is 1.65. The van der Waals surface area contributed by atoms with Gasteiger partial charge < -0.3 is 5.11 Å². The monoisotopic (exact) mass is 184 g/mol. The van der Waals surface area contributed by atoms with E-state index in [9.17, 15) is 0 Å². The van der Waals surface area contributed by atoms with Gasteiger partial charge in [0.05, 0.1) is 0 Å². The van der Waals surface area contributed by atoms with E-state index >= 15 is 0 Å². The van der Waals surface area contributed by atoms with E-state index in [1.807, 2.05) is 0 Å². The molecular weight excluding hydrogens is 174 g/mol. The molecule has 0 rings (SSSR count). The maximum atomic E-state index is 8.61. The summed E-state index contributed by atoms with van der Waals surface area (Å²) in [6.07, 6.45) is 0.583. The third-order valence-corrected chi connectivity index (χ3v) is 0. The van der Waals surface area contributed by atoms with Crippen LogP contribution in [0.5, 0.6) is 0 Å². The van der Waals surface area contributed by atoms with Crippen molar-refractivity contribution < 1.29 is 36.4 Å². The molecule has 0 aliphatic rings. The van der Waals surface area contributed by atoms with Crippen molar-refractivity contribution in [1.82, 2.24) is 0 Å². The first-order valence-electron chi connectivity index (χ1n) is 2.29. The van der Waals surface area contributed by atoms with Gasteiger partial charge in [0.2, 0.25) is 6.08 Å². The Hall–Kier alpha value is -0.186. The Kier molecular flexibility index (Phi) is 38.1. The van der Waals surface area contributed by atoms with Crippen molar-refractivity contribution in [3.63, 3.8) is 0 Å². The molecule has 0 aliphatic carbocycles. The third kappa shape index (κ3) is 10500. The van der Waals surface area contributed by atoms with E-state index in [4.69, 9.17) is 22.3 Å². The topological polar surface area (TPSA) is 98.5 Å². The molecule has 0 fully saturated rings. The fourth-order valence-corrected chi connectivity index (χ4v) is 0. The first kappa shape index (κ1) is 16.4. The van der Waals surface area contributed by atoms with E-state index in [1.54, 1.807) is 13.8 Å².